The van der Waals surface area contributed by atoms with Gasteiger partial charge in [0.15, 0.2) is 0 Å². The van der Waals surface area contributed by atoms with Crippen molar-refractivity contribution >= 4 is 15.9 Å². The number of nitrogens with one attached hydrogen (secondary N) is 1. The average molecular weight is 447 g/mol. The van der Waals surface area contributed by atoms with Crippen LogP contribution in [0.1, 0.15) is 31.2 Å². The summed E-state index contributed by atoms with van der Waals surface area (Å²) in [6.07, 6.45) is 2.27. The molecule has 0 bridgehead atoms. The molecule has 0 spiro atoms. The summed E-state index contributed by atoms with van der Waals surface area (Å²) >= 11 is 0. The van der Waals surface area contributed by atoms with Gasteiger partial charge in [-0.1, -0.05) is 18.2 Å². The van der Waals surface area contributed by atoms with E-state index < -0.39 is 10.0 Å². The maximum Gasteiger partial charge on any atom is 0.240 e. The number of benzene rings is 2. The number of rotatable bonds is 9. The molecule has 0 saturated carbocycles. The van der Waals surface area contributed by atoms with E-state index in [9.17, 15) is 13.2 Å². The fraction of sp³-hybridized carbons (Fsp3) is 0.435. The summed E-state index contributed by atoms with van der Waals surface area (Å²) in [6, 6.07) is 13.9. The van der Waals surface area contributed by atoms with Gasteiger partial charge in [0, 0.05) is 25.6 Å². The van der Waals surface area contributed by atoms with E-state index in [0.717, 1.165) is 11.3 Å². The Morgan fingerprint density at radius 3 is 2.42 bits per heavy atom. The number of para-hydroxylation sites is 1. The van der Waals surface area contributed by atoms with Crippen molar-refractivity contribution in [2.45, 2.75) is 43.5 Å². The maximum absolute atomic E-state index is 12.6. The first-order valence-corrected chi connectivity index (χ1v) is 12.0. The van der Waals surface area contributed by atoms with Crippen LogP contribution < -0.4 is 14.2 Å². The van der Waals surface area contributed by atoms with Crippen LogP contribution in [0.2, 0.25) is 0 Å². The Morgan fingerprint density at radius 2 is 1.77 bits per heavy atom. The summed E-state index contributed by atoms with van der Waals surface area (Å²) in [5.41, 5.74) is 1.08. The van der Waals surface area contributed by atoms with Gasteiger partial charge in [0.2, 0.25) is 15.9 Å². The molecule has 0 aromatic heterocycles. The molecule has 1 amide bonds. The summed E-state index contributed by atoms with van der Waals surface area (Å²) in [5.74, 6) is 1.54. The first-order chi connectivity index (χ1) is 14.9. The summed E-state index contributed by atoms with van der Waals surface area (Å²) < 4.78 is 38.7. The number of methoxy groups -OCH3 is 1. The van der Waals surface area contributed by atoms with Gasteiger partial charge in [0.05, 0.1) is 18.6 Å². The molecule has 0 atom stereocenters. The molecule has 2 aromatic rings. The number of hydrogen-bond acceptors (Lipinski definition) is 5. The van der Waals surface area contributed by atoms with Gasteiger partial charge in [0.1, 0.15) is 11.5 Å². The highest BCUT2D eigenvalue weighted by Gasteiger charge is 2.26. The van der Waals surface area contributed by atoms with Gasteiger partial charge in [-0.3, -0.25) is 4.79 Å². The topological polar surface area (TPSA) is 84.9 Å². The smallest absolute Gasteiger partial charge is 0.240 e. The Balaban J connectivity index is 1.40. The first kappa shape index (κ1) is 23.1. The van der Waals surface area contributed by atoms with Crippen LogP contribution in [0.25, 0.3) is 0 Å². The van der Waals surface area contributed by atoms with Gasteiger partial charge in [-0.2, -0.15) is 0 Å². The molecular formula is C23H30N2O5S. The van der Waals surface area contributed by atoms with Crippen molar-refractivity contribution in [3.05, 3.63) is 54.1 Å². The van der Waals surface area contributed by atoms with Crippen LogP contribution in [0.3, 0.4) is 0 Å². The lowest BCUT2D eigenvalue weighted by Gasteiger charge is -2.32. The lowest BCUT2D eigenvalue weighted by Crippen LogP contribution is -2.46. The lowest BCUT2D eigenvalue weighted by atomic mass is 10.1. The third kappa shape index (κ3) is 6.45. The molecule has 1 N–H and O–H groups in total. The highest BCUT2D eigenvalue weighted by Crippen LogP contribution is 2.19. The number of ether oxygens (including phenoxy) is 2. The number of likely N-dealkylation sites (tertiary alicyclic amines) is 1. The number of hydrogen-bond donors (Lipinski definition) is 1. The second kappa shape index (κ2) is 10.6. The van der Waals surface area contributed by atoms with Crippen molar-refractivity contribution in [2.75, 3.05) is 26.8 Å². The van der Waals surface area contributed by atoms with Crippen LogP contribution in [-0.2, 0) is 14.8 Å². The molecule has 3 rings (SSSR count). The van der Waals surface area contributed by atoms with Crippen LogP contribution in [0.4, 0.5) is 0 Å². The van der Waals surface area contributed by atoms with Crippen LogP contribution in [-0.4, -0.2) is 52.1 Å². The van der Waals surface area contributed by atoms with E-state index in [1.54, 1.807) is 12.1 Å². The van der Waals surface area contributed by atoms with Crippen LogP contribution in [0, 0.1) is 6.92 Å². The minimum atomic E-state index is -3.60. The molecule has 0 radical (unpaired) electrons. The largest absolute Gasteiger partial charge is 0.497 e. The first-order valence-electron chi connectivity index (χ1n) is 10.5. The van der Waals surface area contributed by atoms with Crippen molar-refractivity contribution in [2.24, 2.45) is 0 Å². The number of amides is 1. The minimum Gasteiger partial charge on any atom is -0.497 e. The predicted molar refractivity (Wildman–Crippen MR) is 119 cm³/mol. The third-order valence-electron chi connectivity index (χ3n) is 5.43. The quantitative estimate of drug-likeness (QED) is 0.598. The summed E-state index contributed by atoms with van der Waals surface area (Å²) in [7, 11) is -2.06. The van der Waals surface area contributed by atoms with Crippen molar-refractivity contribution in [3.63, 3.8) is 0 Å². The van der Waals surface area contributed by atoms with Gasteiger partial charge in [0.25, 0.3) is 0 Å². The van der Waals surface area contributed by atoms with Crippen molar-refractivity contribution in [3.8, 4) is 11.5 Å². The molecule has 8 heteroatoms. The fourth-order valence-corrected chi connectivity index (χ4v) is 4.88. The number of aryl methyl sites for hydroxylation is 1. The van der Waals surface area contributed by atoms with E-state index in [2.05, 4.69) is 4.72 Å². The van der Waals surface area contributed by atoms with Crippen molar-refractivity contribution in [1.29, 1.82) is 0 Å². The summed E-state index contributed by atoms with van der Waals surface area (Å²) in [4.78, 5) is 14.5. The Kier molecular flexibility index (Phi) is 7.92. The van der Waals surface area contributed by atoms with E-state index in [1.165, 1.54) is 19.2 Å². The second-order valence-electron chi connectivity index (χ2n) is 7.67. The van der Waals surface area contributed by atoms with Crippen LogP contribution in [0.15, 0.2) is 53.4 Å². The minimum absolute atomic E-state index is 0.0878. The monoisotopic (exact) mass is 446 g/mol. The standard InChI is InChI=1S/C23H30N2O5S/c1-18-6-3-4-7-22(18)30-17-5-8-23(26)25-15-13-19(14-16-25)24-31(27,28)21-11-9-20(29-2)10-12-21/h3-4,6-7,9-12,19,24H,5,8,13-17H2,1-2H3. The molecule has 1 heterocycles. The number of piperidine rings is 1. The van der Waals surface area contributed by atoms with Gasteiger partial charge in [-0.15, -0.1) is 0 Å². The molecule has 2 aromatic carbocycles. The Bertz CT molecular complexity index is 968. The molecule has 1 aliphatic rings. The molecule has 0 unspecified atom stereocenters. The third-order valence-corrected chi connectivity index (χ3v) is 6.96. The molecule has 31 heavy (non-hydrogen) atoms. The van der Waals surface area contributed by atoms with E-state index in [-0.39, 0.29) is 16.8 Å². The van der Waals surface area contributed by atoms with Gasteiger partial charge >= 0.3 is 0 Å². The predicted octanol–water partition coefficient (Wildman–Crippen LogP) is 3.13. The number of carbonyl (C=O) groups is 1. The number of nitrogens with zero attached hydrogens (tertiary/aromatic N) is 1. The molecule has 0 aliphatic carbocycles. The Morgan fingerprint density at radius 1 is 1.10 bits per heavy atom. The zero-order valence-electron chi connectivity index (χ0n) is 18.0. The molecule has 168 valence electrons. The van der Waals surface area contributed by atoms with E-state index in [4.69, 9.17) is 9.47 Å². The zero-order valence-corrected chi connectivity index (χ0v) is 18.9. The zero-order chi connectivity index (χ0) is 22.3. The fourth-order valence-electron chi connectivity index (χ4n) is 3.57. The van der Waals surface area contributed by atoms with Gasteiger partial charge in [-0.05, 0) is 62.1 Å². The molecular weight excluding hydrogens is 416 g/mol. The van der Waals surface area contributed by atoms with E-state index >= 15 is 0 Å². The molecule has 7 nitrogen and oxygen atoms in total. The van der Waals surface area contributed by atoms with Crippen LogP contribution in [0.5, 0.6) is 11.5 Å². The van der Waals surface area contributed by atoms with Crippen molar-refractivity contribution < 1.29 is 22.7 Å². The normalized spacial score (nSPS) is 15.0. The Hall–Kier alpha value is -2.58. The highest BCUT2D eigenvalue weighted by atomic mass is 32.2. The maximum atomic E-state index is 12.6. The molecule has 1 aliphatic heterocycles. The summed E-state index contributed by atoms with van der Waals surface area (Å²) in [6.45, 7) is 3.59. The van der Waals surface area contributed by atoms with E-state index in [0.29, 0.717) is 51.1 Å². The van der Waals surface area contributed by atoms with Crippen molar-refractivity contribution in [1.82, 2.24) is 9.62 Å². The second-order valence-corrected chi connectivity index (χ2v) is 9.38. The molecule has 1 saturated heterocycles. The van der Waals surface area contributed by atoms with Gasteiger partial charge < -0.3 is 14.4 Å². The summed E-state index contributed by atoms with van der Waals surface area (Å²) in [5, 5.41) is 0. The lowest BCUT2D eigenvalue weighted by molar-refractivity contribution is -0.132. The number of carbonyl (C=O) groups excluding carboxylic acids is 1. The highest BCUT2D eigenvalue weighted by molar-refractivity contribution is 7.89. The van der Waals surface area contributed by atoms with E-state index in [1.807, 2.05) is 36.1 Å². The molecule has 1 fully saturated rings. The SMILES string of the molecule is COc1ccc(S(=O)(=O)NC2CCN(C(=O)CCCOc3ccccc3C)CC2)cc1. The van der Waals surface area contributed by atoms with Gasteiger partial charge in [-0.25, -0.2) is 13.1 Å². The number of sulfonamides is 1. The van der Waals surface area contributed by atoms with Crippen LogP contribution >= 0.6 is 0 Å². The Labute approximate surface area is 184 Å². The average Bonchev–Trinajstić information content (AvgIpc) is 2.78.